The standard InChI is InChI=1S/C16H16Cl2N4O2S.CH2O2/c17-11-12-14(25-13(11)9-3-5-23-7-10(9)19)15(22-16(18)21-12)20-6-8-2-1-4-24-8;2-1-3/h1-2,4,9-10H,3,5-7,19H2,(H,20,21,22);1H,(H,2,3)/t9-,10-;/m0./s1. The summed E-state index contributed by atoms with van der Waals surface area (Å²) in [4.78, 5) is 18.0. The van der Waals surface area contributed by atoms with Gasteiger partial charge in [-0.3, -0.25) is 4.79 Å². The van der Waals surface area contributed by atoms with Crippen molar-refractivity contribution in [1.29, 1.82) is 0 Å². The number of hydrogen-bond donors (Lipinski definition) is 3. The van der Waals surface area contributed by atoms with Gasteiger partial charge in [0.05, 0.1) is 29.1 Å². The zero-order chi connectivity index (χ0) is 20.1. The Morgan fingerprint density at radius 3 is 2.89 bits per heavy atom. The fraction of sp³-hybridized carbons (Fsp3) is 0.353. The lowest BCUT2D eigenvalue weighted by Gasteiger charge is -2.28. The Morgan fingerprint density at radius 1 is 1.43 bits per heavy atom. The van der Waals surface area contributed by atoms with E-state index in [2.05, 4.69) is 15.3 Å². The molecule has 150 valence electrons. The molecule has 4 N–H and O–H groups in total. The summed E-state index contributed by atoms with van der Waals surface area (Å²) in [5.74, 6) is 1.60. The van der Waals surface area contributed by atoms with Crippen molar-refractivity contribution >= 4 is 57.0 Å². The van der Waals surface area contributed by atoms with Gasteiger partial charge in [0.1, 0.15) is 17.1 Å². The number of nitrogens with one attached hydrogen (secondary N) is 1. The summed E-state index contributed by atoms with van der Waals surface area (Å²) in [7, 11) is 0. The summed E-state index contributed by atoms with van der Waals surface area (Å²) in [6.45, 7) is 1.46. The highest BCUT2D eigenvalue weighted by atomic mass is 35.5. The molecule has 0 aliphatic carbocycles. The van der Waals surface area contributed by atoms with Gasteiger partial charge in [-0.05, 0) is 30.2 Å². The lowest BCUT2D eigenvalue weighted by Crippen LogP contribution is -2.37. The van der Waals surface area contributed by atoms with Crippen LogP contribution in [0.3, 0.4) is 0 Å². The summed E-state index contributed by atoms with van der Waals surface area (Å²) in [6.07, 6.45) is 2.47. The Kier molecular flexibility index (Phi) is 7.08. The van der Waals surface area contributed by atoms with Gasteiger partial charge in [-0.15, -0.1) is 11.3 Å². The van der Waals surface area contributed by atoms with Crippen LogP contribution >= 0.6 is 34.5 Å². The van der Waals surface area contributed by atoms with Gasteiger partial charge in [0.25, 0.3) is 6.47 Å². The second-order valence-electron chi connectivity index (χ2n) is 5.97. The number of carbonyl (C=O) groups is 1. The van der Waals surface area contributed by atoms with Crippen LogP contribution in [0.1, 0.15) is 23.0 Å². The Bertz CT molecular complexity index is 935. The molecular weight excluding hydrogens is 427 g/mol. The van der Waals surface area contributed by atoms with E-state index in [1.54, 1.807) is 17.6 Å². The average Bonchev–Trinajstić information content (AvgIpc) is 3.30. The van der Waals surface area contributed by atoms with Crippen LogP contribution < -0.4 is 11.1 Å². The van der Waals surface area contributed by atoms with Gasteiger partial charge in [-0.2, -0.15) is 4.98 Å². The molecule has 3 aromatic rings. The summed E-state index contributed by atoms with van der Waals surface area (Å²) in [6, 6.07) is 3.65. The van der Waals surface area contributed by atoms with Crippen LogP contribution in [0.25, 0.3) is 10.2 Å². The maximum atomic E-state index is 8.36. The van der Waals surface area contributed by atoms with E-state index in [1.165, 1.54) is 0 Å². The smallest absolute Gasteiger partial charge is 0.290 e. The minimum absolute atomic E-state index is 0.0812. The number of nitrogens with zero attached hydrogens (tertiary/aromatic N) is 2. The van der Waals surface area contributed by atoms with Crippen LogP contribution in [0.15, 0.2) is 22.8 Å². The molecule has 0 amide bonds. The first kappa shape index (κ1) is 20.8. The molecule has 0 bridgehead atoms. The summed E-state index contributed by atoms with van der Waals surface area (Å²) >= 11 is 14.3. The Morgan fingerprint density at radius 2 is 2.21 bits per heavy atom. The number of thiophene rings is 1. The van der Waals surface area contributed by atoms with E-state index in [-0.39, 0.29) is 23.7 Å². The molecule has 0 spiro atoms. The molecule has 1 aliphatic rings. The van der Waals surface area contributed by atoms with Gasteiger partial charge in [0.2, 0.25) is 5.28 Å². The fourth-order valence-electron chi connectivity index (χ4n) is 2.97. The van der Waals surface area contributed by atoms with E-state index in [9.17, 15) is 0 Å². The maximum Gasteiger partial charge on any atom is 0.290 e. The largest absolute Gasteiger partial charge is 0.483 e. The molecule has 1 fully saturated rings. The van der Waals surface area contributed by atoms with Crippen molar-refractivity contribution in [2.75, 3.05) is 18.5 Å². The van der Waals surface area contributed by atoms with Gasteiger partial charge < -0.3 is 25.3 Å². The number of hydrogen-bond acceptors (Lipinski definition) is 8. The van der Waals surface area contributed by atoms with Crippen LogP contribution in [-0.2, 0) is 16.1 Å². The maximum absolute atomic E-state index is 8.36. The fourth-order valence-corrected chi connectivity index (χ4v) is 4.89. The molecular formula is C17H18Cl2N4O4S. The lowest BCUT2D eigenvalue weighted by molar-refractivity contribution is -0.122. The molecule has 28 heavy (non-hydrogen) atoms. The molecule has 0 saturated carbocycles. The van der Waals surface area contributed by atoms with Crippen molar-refractivity contribution in [2.45, 2.75) is 24.9 Å². The quantitative estimate of drug-likeness (QED) is 0.410. The number of halogens is 2. The van der Waals surface area contributed by atoms with E-state index >= 15 is 0 Å². The minimum Gasteiger partial charge on any atom is -0.483 e. The normalized spacial score (nSPS) is 19.1. The molecule has 8 nitrogen and oxygen atoms in total. The van der Waals surface area contributed by atoms with Crippen molar-refractivity contribution in [2.24, 2.45) is 5.73 Å². The zero-order valence-electron chi connectivity index (χ0n) is 14.6. The van der Waals surface area contributed by atoms with Crippen molar-refractivity contribution in [3.05, 3.63) is 39.3 Å². The number of ether oxygens (including phenoxy) is 1. The molecule has 4 rings (SSSR count). The van der Waals surface area contributed by atoms with E-state index in [4.69, 9.17) is 48.0 Å². The molecule has 4 heterocycles. The molecule has 2 atom stereocenters. The minimum atomic E-state index is -0.250. The van der Waals surface area contributed by atoms with Crippen molar-refractivity contribution in [3.63, 3.8) is 0 Å². The molecule has 11 heteroatoms. The average molecular weight is 445 g/mol. The number of anilines is 1. The number of furan rings is 1. The molecule has 0 unspecified atom stereocenters. The van der Waals surface area contributed by atoms with Crippen molar-refractivity contribution in [1.82, 2.24) is 9.97 Å². The third kappa shape index (κ3) is 4.56. The Labute approximate surface area is 174 Å². The third-order valence-electron chi connectivity index (χ3n) is 4.22. The van der Waals surface area contributed by atoms with E-state index in [0.717, 1.165) is 21.8 Å². The van der Waals surface area contributed by atoms with Crippen LogP contribution in [0, 0.1) is 0 Å². The molecule has 3 aromatic heterocycles. The predicted octanol–water partition coefficient (Wildman–Crippen LogP) is 3.74. The first-order chi connectivity index (χ1) is 13.5. The highest BCUT2D eigenvalue weighted by Crippen LogP contribution is 2.44. The second-order valence-corrected chi connectivity index (χ2v) is 7.74. The van der Waals surface area contributed by atoms with E-state index in [1.807, 2.05) is 12.1 Å². The monoisotopic (exact) mass is 444 g/mol. The first-order valence-electron chi connectivity index (χ1n) is 8.38. The molecule has 0 radical (unpaired) electrons. The third-order valence-corrected chi connectivity index (χ3v) is 6.20. The van der Waals surface area contributed by atoms with Crippen LogP contribution in [-0.4, -0.2) is 40.8 Å². The van der Waals surface area contributed by atoms with Crippen LogP contribution in [0.2, 0.25) is 10.3 Å². The highest BCUT2D eigenvalue weighted by Gasteiger charge is 2.29. The number of aromatic nitrogens is 2. The van der Waals surface area contributed by atoms with Gasteiger partial charge in [-0.1, -0.05) is 11.6 Å². The van der Waals surface area contributed by atoms with Crippen molar-refractivity contribution in [3.8, 4) is 0 Å². The second kappa shape index (κ2) is 9.53. The lowest BCUT2D eigenvalue weighted by atomic mass is 9.94. The molecule has 1 saturated heterocycles. The summed E-state index contributed by atoms with van der Waals surface area (Å²) in [5.41, 5.74) is 6.88. The SMILES string of the molecule is N[C@H]1COCC[C@@H]1c1sc2c(NCc3ccco3)nc(Cl)nc2c1Cl.O=CO. The van der Waals surface area contributed by atoms with Gasteiger partial charge in [0.15, 0.2) is 0 Å². The predicted molar refractivity (Wildman–Crippen MR) is 108 cm³/mol. The van der Waals surface area contributed by atoms with Crippen LogP contribution in [0.5, 0.6) is 0 Å². The zero-order valence-corrected chi connectivity index (χ0v) is 16.9. The number of rotatable bonds is 4. The van der Waals surface area contributed by atoms with Gasteiger partial charge in [-0.25, -0.2) is 4.98 Å². The molecule has 0 aromatic carbocycles. The van der Waals surface area contributed by atoms with Gasteiger partial charge in [0, 0.05) is 23.4 Å². The Hall–Kier alpha value is -1.91. The number of carboxylic acid groups (broad SMARTS) is 1. The molecule has 1 aliphatic heterocycles. The van der Waals surface area contributed by atoms with Crippen LogP contribution in [0.4, 0.5) is 5.82 Å². The Balaban J connectivity index is 0.000000706. The summed E-state index contributed by atoms with van der Waals surface area (Å²) < 4.78 is 11.6. The highest BCUT2D eigenvalue weighted by molar-refractivity contribution is 7.20. The number of nitrogens with two attached hydrogens (primary N) is 1. The van der Waals surface area contributed by atoms with E-state index in [0.29, 0.717) is 36.1 Å². The van der Waals surface area contributed by atoms with E-state index < -0.39 is 0 Å². The topological polar surface area (TPSA) is 124 Å². The van der Waals surface area contributed by atoms with Gasteiger partial charge >= 0.3 is 0 Å². The van der Waals surface area contributed by atoms with Crippen molar-refractivity contribution < 1.29 is 19.1 Å². The first-order valence-corrected chi connectivity index (χ1v) is 9.95. The number of fused-ring (bicyclic) bond motifs is 1. The summed E-state index contributed by atoms with van der Waals surface area (Å²) in [5, 5.41) is 10.9.